The summed E-state index contributed by atoms with van der Waals surface area (Å²) in [5, 5.41) is 4.78. The van der Waals surface area contributed by atoms with Gasteiger partial charge in [-0.3, -0.25) is 4.79 Å². The number of anilines is 2. The molecule has 1 fully saturated rings. The molecule has 3 N–H and O–H groups in total. The molecule has 1 aliphatic carbocycles. The Hall–Kier alpha value is -2.88. The zero-order valence-corrected chi connectivity index (χ0v) is 13.5. The number of nitrogens with one attached hydrogen (secondary N) is 1. The van der Waals surface area contributed by atoms with E-state index in [0.29, 0.717) is 11.5 Å². The lowest BCUT2D eigenvalue weighted by molar-refractivity contribution is -0.117. The number of hydrogen-bond acceptors (Lipinski definition) is 3. The zero-order chi connectivity index (χ0) is 16.7. The highest BCUT2D eigenvalue weighted by atomic mass is 16.2. The molecule has 0 spiro atoms. The molecular formula is C20H19N3O. The van der Waals surface area contributed by atoms with E-state index in [-0.39, 0.29) is 11.8 Å². The van der Waals surface area contributed by atoms with Gasteiger partial charge in [-0.25, -0.2) is 4.98 Å². The van der Waals surface area contributed by atoms with Gasteiger partial charge in [0.1, 0.15) is 5.82 Å². The molecule has 1 aromatic heterocycles. The van der Waals surface area contributed by atoms with Crippen molar-refractivity contribution in [2.24, 2.45) is 5.92 Å². The van der Waals surface area contributed by atoms with Crippen molar-refractivity contribution in [1.29, 1.82) is 0 Å². The molecule has 1 amide bonds. The maximum atomic E-state index is 11.9. The number of aromatic nitrogens is 1. The van der Waals surface area contributed by atoms with Crippen molar-refractivity contribution < 1.29 is 4.79 Å². The Morgan fingerprint density at radius 1 is 1.21 bits per heavy atom. The van der Waals surface area contributed by atoms with Gasteiger partial charge in [-0.2, -0.15) is 0 Å². The molecule has 24 heavy (non-hydrogen) atoms. The minimum Gasteiger partial charge on any atom is -0.398 e. The van der Waals surface area contributed by atoms with Gasteiger partial charge in [-0.15, -0.1) is 0 Å². The SMILES string of the molecule is Cc1ccccc1-c1cc(N)c2cnc(NC(=O)C3CC3)cc2c1. The van der Waals surface area contributed by atoms with E-state index in [1.54, 1.807) is 6.20 Å². The summed E-state index contributed by atoms with van der Waals surface area (Å²) in [7, 11) is 0. The molecular weight excluding hydrogens is 298 g/mol. The van der Waals surface area contributed by atoms with E-state index >= 15 is 0 Å². The maximum absolute atomic E-state index is 11.9. The number of carbonyl (C=O) groups excluding carboxylic acids is 1. The van der Waals surface area contributed by atoms with Gasteiger partial charge in [0, 0.05) is 23.2 Å². The first-order valence-electron chi connectivity index (χ1n) is 8.18. The van der Waals surface area contributed by atoms with E-state index in [1.165, 1.54) is 5.56 Å². The second-order valence-electron chi connectivity index (χ2n) is 6.43. The zero-order valence-electron chi connectivity index (χ0n) is 13.5. The lowest BCUT2D eigenvalue weighted by Crippen LogP contribution is -2.14. The van der Waals surface area contributed by atoms with E-state index in [2.05, 4.69) is 35.4 Å². The summed E-state index contributed by atoms with van der Waals surface area (Å²) in [6.45, 7) is 2.09. The van der Waals surface area contributed by atoms with Crippen LogP contribution in [-0.4, -0.2) is 10.9 Å². The Morgan fingerprint density at radius 3 is 2.75 bits per heavy atom. The highest BCUT2D eigenvalue weighted by Crippen LogP contribution is 2.33. The number of benzene rings is 2. The van der Waals surface area contributed by atoms with Crippen molar-refractivity contribution in [1.82, 2.24) is 4.98 Å². The van der Waals surface area contributed by atoms with Gasteiger partial charge < -0.3 is 11.1 Å². The highest BCUT2D eigenvalue weighted by molar-refractivity contribution is 6.00. The molecule has 2 aromatic carbocycles. The number of aryl methyl sites for hydroxylation is 1. The van der Waals surface area contributed by atoms with E-state index in [0.717, 1.165) is 34.7 Å². The molecule has 4 nitrogen and oxygen atoms in total. The average molecular weight is 317 g/mol. The van der Waals surface area contributed by atoms with Crippen molar-refractivity contribution in [2.45, 2.75) is 19.8 Å². The Kier molecular flexibility index (Phi) is 3.45. The summed E-state index contributed by atoms with van der Waals surface area (Å²) in [6, 6.07) is 14.2. The number of nitrogens with two attached hydrogens (primary N) is 1. The summed E-state index contributed by atoms with van der Waals surface area (Å²) in [5.74, 6) is 0.802. The van der Waals surface area contributed by atoms with Crippen LogP contribution >= 0.6 is 0 Å². The number of hydrogen-bond donors (Lipinski definition) is 2. The fraction of sp³-hybridized carbons (Fsp3) is 0.200. The third-order valence-corrected chi connectivity index (χ3v) is 4.52. The molecule has 0 atom stereocenters. The summed E-state index contributed by atoms with van der Waals surface area (Å²) in [6.07, 6.45) is 3.68. The number of fused-ring (bicyclic) bond motifs is 1. The van der Waals surface area contributed by atoms with Crippen molar-refractivity contribution in [3.8, 4) is 11.1 Å². The molecule has 0 bridgehead atoms. The molecule has 0 radical (unpaired) electrons. The van der Waals surface area contributed by atoms with Crippen molar-refractivity contribution in [3.05, 3.63) is 54.2 Å². The predicted octanol–water partition coefficient (Wildman–Crippen LogP) is 4.14. The van der Waals surface area contributed by atoms with Crippen molar-refractivity contribution in [2.75, 3.05) is 11.1 Å². The second-order valence-corrected chi connectivity index (χ2v) is 6.43. The largest absolute Gasteiger partial charge is 0.398 e. The Labute approximate surface area is 140 Å². The molecule has 0 unspecified atom stereocenters. The smallest absolute Gasteiger partial charge is 0.228 e. The summed E-state index contributed by atoms with van der Waals surface area (Å²) < 4.78 is 0. The summed E-state index contributed by atoms with van der Waals surface area (Å²) >= 11 is 0. The fourth-order valence-corrected chi connectivity index (χ4v) is 2.98. The molecule has 0 saturated heterocycles. The van der Waals surface area contributed by atoms with Gasteiger partial charge in [0.2, 0.25) is 5.91 Å². The van der Waals surface area contributed by atoms with E-state index in [9.17, 15) is 4.79 Å². The second kappa shape index (κ2) is 5.64. The van der Waals surface area contributed by atoms with E-state index in [4.69, 9.17) is 5.73 Å². The predicted molar refractivity (Wildman–Crippen MR) is 97.7 cm³/mol. The molecule has 3 aromatic rings. The van der Waals surface area contributed by atoms with Gasteiger partial charge in [-0.1, -0.05) is 24.3 Å². The van der Waals surface area contributed by atoms with E-state index < -0.39 is 0 Å². The van der Waals surface area contributed by atoms with Gasteiger partial charge in [-0.05, 0) is 60.0 Å². The lowest BCUT2D eigenvalue weighted by Gasteiger charge is -2.11. The van der Waals surface area contributed by atoms with E-state index in [1.807, 2.05) is 24.3 Å². The molecule has 4 rings (SSSR count). The molecule has 1 saturated carbocycles. The Bertz CT molecular complexity index is 945. The van der Waals surface area contributed by atoms with Crippen LogP contribution in [-0.2, 0) is 4.79 Å². The summed E-state index contributed by atoms with van der Waals surface area (Å²) in [4.78, 5) is 16.3. The minimum atomic E-state index is 0.0601. The molecule has 120 valence electrons. The summed E-state index contributed by atoms with van der Waals surface area (Å²) in [5.41, 5.74) is 10.4. The first-order valence-corrected chi connectivity index (χ1v) is 8.18. The topological polar surface area (TPSA) is 68.0 Å². The van der Waals surface area contributed by atoms with Crippen LogP contribution in [0.3, 0.4) is 0 Å². The van der Waals surface area contributed by atoms with Crippen LogP contribution in [0.25, 0.3) is 21.9 Å². The number of pyridine rings is 1. The third kappa shape index (κ3) is 2.71. The standard InChI is InChI=1S/C20H19N3O/c1-12-4-2-3-5-16(12)14-8-15-10-19(23-20(24)13-6-7-13)22-11-17(15)18(21)9-14/h2-5,8-11,13H,6-7,21H2,1H3,(H,22,23,24). The van der Waals surface area contributed by atoms with Crippen LogP contribution in [0.5, 0.6) is 0 Å². The fourth-order valence-electron chi connectivity index (χ4n) is 2.98. The van der Waals surface area contributed by atoms with Gasteiger partial charge >= 0.3 is 0 Å². The maximum Gasteiger partial charge on any atom is 0.228 e. The first kappa shape index (κ1) is 14.7. The van der Waals surface area contributed by atoms with Crippen LogP contribution in [0.2, 0.25) is 0 Å². The van der Waals surface area contributed by atoms with Gasteiger partial charge in [0.05, 0.1) is 0 Å². The number of carbonyl (C=O) groups is 1. The normalized spacial score (nSPS) is 13.9. The van der Waals surface area contributed by atoms with Crippen LogP contribution in [0.15, 0.2) is 48.7 Å². The van der Waals surface area contributed by atoms with Crippen molar-refractivity contribution in [3.63, 3.8) is 0 Å². The number of nitrogens with zero attached hydrogens (tertiary/aromatic N) is 1. The minimum absolute atomic E-state index is 0.0601. The lowest BCUT2D eigenvalue weighted by atomic mass is 9.97. The molecule has 4 heteroatoms. The monoisotopic (exact) mass is 317 g/mol. The number of rotatable bonds is 3. The highest BCUT2D eigenvalue weighted by Gasteiger charge is 2.29. The van der Waals surface area contributed by atoms with Crippen molar-refractivity contribution >= 4 is 28.2 Å². The molecule has 1 heterocycles. The Morgan fingerprint density at radius 2 is 2.00 bits per heavy atom. The van der Waals surface area contributed by atoms with Crippen LogP contribution in [0.1, 0.15) is 18.4 Å². The molecule has 1 aliphatic rings. The first-order chi connectivity index (χ1) is 11.6. The Balaban J connectivity index is 1.77. The third-order valence-electron chi connectivity index (χ3n) is 4.52. The number of nitrogen functional groups attached to an aromatic ring is 1. The average Bonchev–Trinajstić information content (AvgIpc) is 3.40. The number of amides is 1. The molecule has 0 aliphatic heterocycles. The van der Waals surface area contributed by atoms with Gasteiger partial charge in [0.25, 0.3) is 0 Å². The van der Waals surface area contributed by atoms with Crippen LogP contribution in [0.4, 0.5) is 11.5 Å². The van der Waals surface area contributed by atoms with Crippen LogP contribution < -0.4 is 11.1 Å². The quantitative estimate of drug-likeness (QED) is 0.713. The van der Waals surface area contributed by atoms with Crippen LogP contribution in [0, 0.1) is 12.8 Å². The van der Waals surface area contributed by atoms with Gasteiger partial charge in [0.15, 0.2) is 0 Å².